The second-order valence-corrected chi connectivity index (χ2v) is 3.71. The van der Waals surface area contributed by atoms with Gasteiger partial charge in [0.05, 0.1) is 0 Å². The Kier molecular flexibility index (Phi) is 3.01. The molecule has 0 bridgehead atoms. The van der Waals surface area contributed by atoms with Gasteiger partial charge in [-0.3, -0.25) is 0 Å². The predicted octanol–water partition coefficient (Wildman–Crippen LogP) is 1.02. The maximum atomic E-state index is 9.38. The lowest BCUT2D eigenvalue weighted by Crippen LogP contribution is -2.26. The molecule has 0 saturated carbocycles. The van der Waals surface area contributed by atoms with Gasteiger partial charge in [-0.05, 0) is 36.6 Å². The van der Waals surface area contributed by atoms with Crippen molar-refractivity contribution in [1.82, 2.24) is 10.6 Å². The Hall–Kier alpha value is -1.06. The number of hydrogen-bond acceptors (Lipinski definition) is 3. The first kappa shape index (κ1) is 9.49. The van der Waals surface area contributed by atoms with Gasteiger partial charge >= 0.3 is 0 Å². The van der Waals surface area contributed by atoms with Crippen LogP contribution in [0, 0.1) is 0 Å². The van der Waals surface area contributed by atoms with Crippen molar-refractivity contribution in [2.24, 2.45) is 0 Å². The van der Waals surface area contributed by atoms with E-state index in [0.29, 0.717) is 11.7 Å². The molecule has 1 heterocycles. The van der Waals surface area contributed by atoms with Gasteiger partial charge in [-0.15, -0.1) is 0 Å². The van der Waals surface area contributed by atoms with Crippen LogP contribution in [-0.4, -0.2) is 24.9 Å². The van der Waals surface area contributed by atoms with Gasteiger partial charge in [0.25, 0.3) is 0 Å². The van der Waals surface area contributed by atoms with Gasteiger partial charge in [0.1, 0.15) is 5.75 Å². The summed E-state index contributed by atoms with van der Waals surface area (Å²) in [6, 6.07) is 7.56. The van der Waals surface area contributed by atoms with Crippen LogP contribution in [0.2, 0.25) is 0 Å². The average molecular weight is 192 g/mol. The highest BCUT2D eigenvalue weighted by molar-refractivity contribution is 5.30. The van der Waals surface area contributed by atoms with Gasteiger partial charge in [-0.25, -0.2) is 0 Å². The first-order valence-electron chi connectivity index (χ1n) is 5.06. The SMILES string of the molecule is Oc1cccc(C2CCNCNC2)c1. The largest absolute Gasteiger partial charge is 0.508 e. The number of hydrogen-bond donors (Lipinski definition) is 3. The Balaban J connectivity index is 2.12. The molecular formula is C11H16N2O. The summed E-state index contributed by atoms with van der Waals surface area (Å²) in [4.78, 5) is 0. The van der Waals surface area contributed by atoms with Crippen molar-refractivity contribution in [3.05, 3.63) is 29.8 Å². The summed E-state index contributed by atoms with van der Waals surface area (Å²) >= 11 is 0. The second-order valence-electron chi connectivity index (χ2n) is 3.71. The van der Waals surface area contributed by atoms with E-state index in [1.165, 1.54) is 5.56 Å². The number of benzene rings is 1. The van der Waals surface area contributed by atoms with Crippen molar-refractivity contribution >= 4 is 0 Å². The minimum absolute atomic E-state index is 0.361. The van der Waals surface area contributed by atoms with Crippen molar-refractivity contribution < 1.29 is 5.11 Å². The van der Waals surface area contributed by atoms with E-state index in [2.05, 4.69) is 16.7 Å². The van der Waals surface area contributed by atoms with Gasteiger partial charge in [-0.2, -0.15) is 0 Å². The molecule has 0 aliphatic carbocycles. The summed E-state index contributed by atoms with van der Waals surface area (Å²) in [6.07, 6.45) is 1.12. The summed E-state index contributed by atoms with van der Waals surface area (Å²) in [7, 11) is 0. The maximum absolute atomic E-state index is 9.38. The van der Waals surface area contributed by atoms with E-state index in [-0.39, 0.29) is 0 Å². The zero-order chi connectivity index (χ0) is 9.80. The summed E-state index contributed by atoms with van der Waals surface area (Å²) < 4.78 is 0. The number of aromatic hydroxyl groups is 1. The quantitative estimate of drug-likeness (QED) is 0.622. The zero-order valence-electron chi connectivity index (χ0n) is 8.16. The molecular weight excluding hydrogens is 176 g/mol. The van der Waals surface area contributed by atoms with E-state index in [1.54, 1.807) is 6.07 Å². The van der Waals surface area contributed by atoms with Crippen molar-refractivity contribution in [2.45, 2.75) is 12.3 Å². The molecule has 3 N–H and O–H groups in total. The molecule has 1 saturated heterocycles. The molecule has 1 aromatic rings. The zero-order valence-corrected chi connectivity index (χ0v) is 8.16. The molecule has 1 fully saturated rings. The molecule has 3 nitrogen and oxygen atoms in total. The molecule has 3 heteroatoms. The molecule has 1 aromatic carbocycles. The molecule has 0 aromatic heterocycles. The number of rotatable bonds is 1. The first-order valence-corrected chi connectivity index (χ1v) is 5.06. The average Bonchev–Trinajstić information content (AvgIpc) is 2.45. The molecule has 2 rings (SSSR count). The van der Waals surface area contributed by atoms with Crippen LogP contribution < -0.4 is 10.6 Å². The Morgan fingerprint density at radius 1 is 1.29 bits per heavy atom. The van der Waals surface area contributed by atoms with Crippen LogP contribution >= 0.6 is 0 Å². The third kappa shape index (κ3) is 2.25. The highest BCUT2D eigenvalue weighted by Crippen LogP contribution is 2.22. The summed E-state index contributed by atoms with van der Waals surface area (Å²) in [6.45, 7) is 2.90. The van der Waals surface area contributed by atoms with E-state index in [0.717, 1.165) is 26.2 Å². The highest BCUT2D eigenvalue weighted by Gasteiger charge is 2.13. The van der Waals surface area contributed by atoms with Gasteiger partial charge in [0, 0.05) is 13.2 Å². The van der Waals surface area contributed by atoms with Gasteiger partial charge in [-0.1, -0.05) is 12.1 Å². The Bertz CT molecular complexity index is 293. The van der Waals surface area contributed by atoms with E-state index in [9.17, 15) is 5.11 Å². The minimum Gasteiger partial charge on any atom is -0.508 e. The van der Waals surface area contributed by atoms with E-state index in [4.69, 9.17) is 0 Å². The number of phenols is 1. The normalized spacial score (nSPS) is 23.0. The maximum Gasteiger partial charge on any atom is 0.115 e. The fraction of sp³-hybridized carbons (Fsp3) is 0.455. The monoisotopic (exact) mass is 192 g/mol. The van der Waals surface area contributed by atoms with Gasteiger partial charge in [0.15, 0.2) is 0 Å². The molecule has 0 radical (unpaired) electrons. The molecule has 0 amide bonds. The van der Waals surface area contributed by atoms with Gasteiger partial charge < -0.3 is 15.7 Å². The summed E-state index contributed by atoms with van der Waals surface area (Å²) in [5.74, 6) is 0.872. The Morgan fingerprint density at radius 3 is 3.07 bits per heavy atom. The molecule has 1 aliphatic heterocycles. The Labute approximate surface area is 84.1 Å². The van der Waals surface area contributed by atoms with E-state index in [1.807, 2.05) is 12.1 Å². The molecule has 76 valence electrons. The number of phenolic OH excluding ortho intramolecular Hbond substituents is 1. The second kappa shape index (κ2) is 4.44. The third-order valence-corrected chi connectivity index (χ3v) is 2.65. The summed E-state index contributed by atoms with van der Waals surface area (Å²) in [5.41, 5.74) is 1.22. The fourth-order valence-electron chi connectivity index (χ4n) is 1.86. The van der Waals surface area contributed by atoms with Crippen LogP contribution in [-0.2, 0) is 0 Å². The van der Waals surface area contributed by atoms with Crippen LogP contribution in [0.1, 0.15) is 17.9 Å². The molecule has 1 aliphatic rings. The highest BCUT2D eigenvalue weighted by atomic mass is 16.3. The standard InChI is InChI=1S/C11H16N2O/c14-11-3-1-2-9(6-11)10-4-5-12-8-13-7-10/h1-3,6,10,12-14H,4-5,7-8H2. The van der Waals surface area contributed by atoms with Crippen molar-refractivity contribution in [1.29, 1.82) is 0 Å². The van der Waals surface area contributed by atoms with Crippen LogP contribution in [0.4, 0.5) is 0 Å². The van der Waals surface area contributed by atoms with Crippen molar-refractivity contribution in [3.63, 3.8) is 0 Å². The Morgan fingerprint density at radius 2 is 2.21 bits per heavy atom. The summed E-state index contributed by atoms with van der Waals surface area (Å²) in [5, 5.41) is 16.0. The van der Waals surface area contributed by atoms with Crippen molar-refractivity contribution in [2.75, 3.05) is 19.8 Å². The molecule has 14 heavy (non-hydrogen) atoms. The van der Waals surface area contributed by atoms with Crippen LogP contribution in [0.15, 0.2) is 24.3 Å². The molecule has 1 atom stereocenters. The topological polar surface area (TPSA) is 44.3 Å². The van der Waals surface area contributed by atoms with E-state index >= 15 is 0 Å². The number of nitrogens with one attached hydrogen (secondary N) is 2. The van der Waals surface area contributed by atoms with Crippen LogP contribution in [0.3, 0.4) is 0 Å². The molecule has 0 spiro atoms. The smallest absolute Gasteiger partial charge is 0.115 e. The van der Waals surface area contributed by atoms with Crippen LogP contribution in [0.25, 0.3) is 0 Å². The lowest BCUT2D eigenvalue weighted by molar-refractivity contribution is 0.473. The van der Waals surface area contributed by atoms with Crippen molar-refractivity contribution in [3.8, 4) is 5.75 Å². The lowest BCUT2D eigenvalue weighted by atomic mass is 9.96. The minimum atomic E-state index is 0.361. The lowest BCUT2D eigenvalue weighted by Gasteiger charge is -2.14. The predicted molar refractivity (Wildman–Crippen MR) is 56.3 cm³/mol. The first-order chi connectivity index (χ1) is 6.86. The third-order valence-electron chi connectivity index (χ3n) is 2.65. The van der Waals surface area contributed by atoms with E-state index < -0.39 is 0 Å². The molecule has 1 unspecified atom stereocenters. The van der Waals surface area contributed by atoms with Crippen LogP contribution in [0.5, 0.6) is 5.75 Å². The fourth-order valence-corrected chi connectivity index (χ4v) is 1.86. The van der Waals surface area contributed by atoms with Gasteiger partial charge in [0.2, 0.25) is 0 Å².